The van der Waals surface area contributed by atoms with E-state index in [-0.39, 0.29) is 5.60 Å². The Morgan fingerprint density at radius 2 is 2.00 bits per heavy atom. The van der Waals surface area contributed by atoms with Crippen molar-refractivity contribution in [3.63, 3.8) is 0 Å². The maximum absolute atomic E-state index is 5.70. The highest BCUT2D eigenvalue weighted by molar-refractivity contribution is 5.35. The Labute approximate surface area is 123 Å². The monoisotopic (exact) mass is 275 g/mol. The summed E-state index contributed by atoms with van der Waals surface area (Å²) >= 11 is 0. The van der Waals surface area contributed by atoms with Crippen LogP contribution in [-0.4, -0.2) is 25.3 Å². The maximum Gasteiger partial charge on any atom is 0.0778 e. The second kappa shape index (κ2) is 6.73. The lowest BCUT2D eigenvalue weighted by Crippen LogP contribution is -2.49. The molecule has 112 valence electrons. The second-order valence-corrected chi connectivity index (χ2v) is 6.48. The maximum atomic E-state index is 5.70. The van der Waals surface area contributed by atoms with Gasteiger partial charge in [0, 0.05) is 13.2 Å². The van der Waals surface area contributed by atoms with Crippen LogP contribution in [0.3, 0.4) is 0 Å². The largest absolute Gasteiger partial charge is 0.377 e. The summed E-state index contributed by atoms with van der Waals surface area (Å²) in [6.45, 7) is 7.60. The van der Waals surface area contributed by atoms with Crippen molar-refractivity contribution in [1.29, 1.82) is 0 Å². The summed E-state index contributed by atoms with van der Waals surface area (Å²) in [6.07, 6.45) is 6.02. The van der Waals surface area contributed by atoms with Crippen molar-refractivity contribution in [2.45, 2.75) is 64.5 Å². The summed E-state index contributed by atoms with van der Waals surface area (Å²) < 4.78 is 5.70. The number of fused-ring (bicyclic) bond motifs is 1. The molecule has 1 aromatic rings. The molecule has 1 N–H and O–H groups in total. The highest BCUT2D eigenvalue weighted by Crippen LogP contribution is 2.25. The summed E-state index contributed by atoms with van der Waals surface area (Å²) in [7, 11) is 1.81. The first-order valence-corrected chi connectivity index (χ1v) is 7.96. The summed E-state index contributed by atoms with van der Waals surface area (Å²) in [5.74, 6) is 0. The van der Waals surface area contributed by atoms with Crippen molar-refractivity contribution in [2.24, 2.45) is 0 Å². The van der Waals surface area contributed by atoms with E-state index in [9.17, 15) is 0 Å². The van der Waals surface area contributed by atoms with Crippen molar-refractivity contribution in [2.75, 3.05) is 13.7 Å². The van der Waals surface area contributed by atoms with E-state index in [2.05, 4.69) is 44.3 Å². The molecule has 0 aliphatic heterocycles. The molecular formula is C18H29NO. The zero-order valence-corrected chi connectivity index (χ0v) is 13.5. The molecule has 0 spiro atoms. The van der Waals surface area contributed by atoms with Gasteiger partial charge in [-0.2, -0.15) is 0 Å². The predicted molar refractivity (Wildman–Crippen MR) is 85.3 cm³/mol. The van der Waals surface area contributed by atoms with Gasteiger partial charge in [-0.15, -0.1) is 0 Å². The Bertz CT molecular complexity index is 439. The van der Waals surface area contributed by atoms with E-state index in [1.807, 2.05) is 7.11 Å². The summed E-state index contributed by atoms with van der Waals surface area (Å²) in [4.78, 5) is 0. The van der Waals surface area contributed by atoms with Gasteiger partial charge in [-0.3, -0.25) is 0 Å². The van der Waals surface area contributed by atoms with Gasteiger partial charge in [0.2, 0.25) is 0 Å². The van der Waals surface area contributed by atoms with E-state index in [4.69, 9.17) is 4.74 Å². The third kappa shape index (κ3) is 3.62. The Morgan fingerprint density at radius 1 is 1.25 bits per heavy atom. The van der Waals surface area contributed by atoms with Gasteiger partial charge in [-0.1, -0.05) is 25.1 Å². The van der Waals surface area contributed by atoms with Gasteiger partial charge in [0.25, 0.3) is 0 Å². The molecule has 0 heterocycles. The van der Waals surface area contributed by atoms with E-state index < -0.39 is 0 Å². The molecule has 1 atom stereocenters. The molecule has 2 heteroatoms. The third-order valence-electron chi connectivity index (χ3n) is 4.61. The molecule has 2 nitrogen and oxygen atoms in total. The number of ether oxygens (including phenoxy) is 1. The van der Waals surface area contributed by atoms with Crippen LogP contribution in [-0.2, 0) is 24.0 Å². The van der Waals surface area contributed by atoms with Crippen LogP contribution < -0.4 is 5.32 Å². The number of hydrogen-bond donors (Lipinski definition) is 1. The molecule has 20 heavy (non-hydrogen) atoms. The van der Waals surface area contributed by atoms with Crippen molar-refractivity contribution < 1.29 is 4.74 Å². The molecule has 0 aromatic heterocycles. The van der Waals surface area contributed by atoms with Gasteiger partial charge >= 0.3 is 0 Å². The van der Waals surface area contributed by atoms with E-state index in [0.29, 0.717) is 6.04 Å². The lowest BCUT2D eigenvalue weighted by Gasteiger charge is -2.34. The second-order valence-electron chi connectivity index (χ2n) is 6.48. The first kappa shape index (κ1) is 15.5. The molecule has 0 amide bonds. The number of benzene rings is 1. The minimum Gasteiger partial charge on any atom is -0.377 e. The summed E-state index contributed by atoms with van der Waals surface area (Å²) in [5, 5.41) is 3.65. The fourth-order valence-electron chi connectivity index (χ4n) is 3.01. The highest BCUT2D eigenvalue weighted by Gasteiger charge is 2.29. The highest BCUT2D eigenvalue weighted by atomic mass is 16.5. The summed E-state index contributed by atoms with van der Waals surface area (Å²) in [5.41, 5.74) is 4.41. The standard InChI is InChI=1S/C18H29NO/c1-5-11-19-17(18(2,3)20-4)13-14-9-10-15-7-6-8-16(15)12-14/h9-10,12,17,19H,5-8,11,13H2,1-4H3. The van der Waals surface area contributed by atoms with Crippen LogP contribution in [0.25, 0.3) is 0 Å². The topological polar surface area (TPSA) is 21.3 Å². The Kier molecular flexibility index (Phi) is 5.22. The number of hydrogen-bond acceptors (Lipinski definition) is 2. The minimum atomic E-state index is -0.145. The van der Waals surface area contributed by atoms with Gasteiger partial charge in [0.05, 0.1) is 5.60 Å². The normalized spacial score (nSPS) is 16.2. The molecule has 0 radical (unpaired) electrons. The SMILES string of the molecule is CCCNC(Cc1ccc2c(c1)CCC2)C(C)(C)OC. The summed E-state index contributed by atoms with van der Waals surface area (Å²) in [6, 6.07) is 7.39. The average molecular weight is 275 g/mol. The molecule has 0 saturated heterocycles. The Hall–Kier alpha value is -0.860. The number of nitrogens with one attached hydrogen (secondary N) is 1. The molecule has 1 aromatic carbocycles. The van der Waals surface area contributed by atoms with Crippen LogP contribution in [0.4, 0.5) is 0 Å². The quantitative estimate of drug-likeness (QED) is 0.822. The molecule has 2 rings (SSSR count). The fraction of sp³-hybridized carbons (Fsp3) is 0.667. The number of rotatable bonds is 7. The van der Waals surface area contributed by atoms with E-state index >= 15 is 0 Å². The zero-order valence-electron chi connectivity index (χ0n) is 13.5. The molecule has 0 saturated carbocycles. The van der Waals surface area contributed by atoms with Crippen LogP contribution in [0.15, 0.2) is 18.2 Å². The Morgan fingerprint density at radius 3 is 2.70 bits per heavy atom. The number of aryl methyl sites for hydroxylation is 2. The van der Waals surface area contributed by atoms with Gasteiger partial charge in [-0.05, 0) is 69.2 Å². The third-order valence-corrected chi connectivity index (χ3v) is 4.61. The number of methoxy groups -OCH3 is 1. The average Bonchev–Trinajstić information content (AvgIpc) is 2.90. The van der Waals surface area contributed by atoms with Gasteiger partial charge in [0.15, 0.2) is 0 Å². The molecule has 1 unspecified atom stereocenters. The van der Waals surface area contributed by atoms with Crippen LogP contribution in [0.1, 0.15) is 50.3 Å². The fourth-order valence-corrected chi connectivity index (χ4v) is 3.01. The van der Waals surface area contributed by atoms with Crippen molar-refractivity contribution >= 4 is 0 Å². The van der Waals surface area contributed by atoms with Crippen molar-refractivity contribution in [3.05, 3.63) is 34.9 Å². The molecular weight excluding hydrogens is 246 g/mol. The van der Waals surface area contributed by atoms with Crippen molar-refractivity contribution in [1.82, 2.24) is 5.32 Å². The van der Waals surface area contributed by atoms with Gasteiger partial charge in [-0.25, -0.2) is 0 Å². The molecule has 1 aliphatic rings. The first-order chi connectivity index (χ1) is 9.56. The van der Waals surface area contributed by atoms with Gasteiger partial charge < -0.3 is 10.1 Å². The van der Waals surface area contributed by atoms with Crippen molar-refractivity contribution in [3.8, 4) is 0 Å². The zero-order chi connectivity index (χ0) is 14.6. The van der Waals surface area contributed by atoms with Crippen LogP contribution >= 0.6 is 0 Å². The van der Waals surface area contributed by atoms with Crippen LogP contribution in [0.2, 0.25) is 0 Å². The molecule has 0 fully saturated rings. The van der Waals surface area contributed by atoms with Crippen LogP contribution in [0, 0.1) is 0 Å². The smallest absolute Gasteiger partial charge is 0.0778 e. The predicted octanol–water partition coefficient (Wildman–Crippen LogP) is 3.51. The van der Waals surface area contributed by atoms with Crippen LogP contribution in [0.5, 0.6) is 0 Å². The molecule has 1 aliphatic carbocycles. The first-order valence-electron chi connectivity index (χ1n) is 7.96. The van der Waals surface area contributed by atoms with E-state index in [1.54, 1.807) is 11.1 Å². The van der Waals surface area contributed by atoms with E-state index in [1.165, 1.54) is 24.8 Å². The lowest BCUT2D eigenvalue weighted by atomic mass is 9.91. The lowest BCUT2D eigenvalue weighted by molar-refractivity contribution is -0.00998. The van der Waals surface area contributed by atoms with E-state index in [0.717, 1.165) is 19.4 Å². The Balaban J connectivity index is 2.10. The van der Waals surface area contributed by atoms with Gasteiger partial charge in [0.1, 0.15) is 0 Å². The molecule has 0 bridgehead atoms. The minimum absolute atomic E-state index is 0.145.